The number of benzene rings is 1. The molecule has 0 bridgehead atoms. The molecule has 1 fully saturated rings. The van der Waals surface area contributed by atoms with Gasteiger partial charge in [-0.25, -0.2) is 13.2 Å². The van der Waals surface area contributed by atoms with Gasteiger partial charge in [-0.2, -0.15) is 4.31 Å². The predicted molar refractivity (Wildman–Crippen MR) is 96.9 cm³/mol. The predicted octanol–water partition coefficient (Wildman–Crippen LogP) is 1.70. The zero-order chi connectivity index (χ0) is 19.3. The van der Waals surface area contributed by atoms with Crippen molar-refractivity contribution >= 4 is 21.9 Å². The number of hydrogen-bond donors (Lipinski definition) is 2. The van der Waals surface area contributed by atoms with E-state index in [-0.39, 0.29) is 17.4 Å². The van der Waals surface area contributed by atoms with Crippen molar-refractivity contribution in [1.82, 2.24) is 9.62 Å². The van der Waals surface area contributed by atoms with Crippen LogP contribution >= 0.6 is 0 Å². The van der Waals surface area contributed by atoms with E-state index in [0.29, 0.717) is 25.8 Å². The summed E-state index contributed by atoms with van der Waals surface area (Å²) in [5, 5.41) is 11.9. The minimum Gasteiger partial charge on any atom is -0.480 e. The van der Waals surface area contributed by atoms with Gasteiger partial charge in [0.05, 0.1) is 10.8 Å². The molecule has 0 radical (unpaired) electrons. The van der Waals surface area contributed by atoms with E-state index in [4.69, 9.17) is 0 Å². The molecule has 0 aliphatic carbocycles. The number of amides is 1. The molecule has 1 heterocycles. The highest BCUT2D eigenvalue weighted by Gasteiger charge is 2.35. The molecule has 2 rings (SSSR count). The van der Waals surface area contributed by atoms with E-state index in [9.17, 15) is 23.1 Å². The number of hydrogen-bond acceptors (Lipinski definition) is 4. The fourth-order valence-corrected chi connectivity index (χ4v) is 4.62. The summed E-state index contributed by atoms with van der Waals surface area (Å²) < 4.78 is 26.8. The van der Waals surface area contributed by atoms with Crippen molar-refractivity contribution in [1.29, 1.82) is 0 Å². The number of carboxylic acid groups (broad SMARTS) is 1. The van der Waals surface area contributed by atoms with Crippen LogP contribution in [-0.4, -0.2) is 48.8 Å². The van der Waals surface area contributed by atoms with E-state index >= 15 is 0 Å². The molecule has 0 aromatic heterocycles. The largest absolute Gasteiger partial charge is 0.480 e. The monoisotopic (exact) mass is 382 g/mol. The van der Waals surface area contributed by atoms with Crippen LogP contribution in [0.1, 0.15) is 33.1 Å². The topological polar surface area (TPSA) is 104 Å². The zero-order valence-corrected chi connectivity index (χ0v) is 15.9. The minimum atomic E-state index is -3.66. The van der Waals surface area contributed by atoms with Crippen LogP contribution in [0.2, 0.25) is 0 Å². The Hall–Kier alpha value is -1.93. The number of carboxylic acids is 1. The molecule has 1 aromatic carbocycles. The summed E-state index contributed by atoms with van der Waals surface area (Å²) in [6, 6.07) is 7.15. The number of nitrogens with one attached hydrogen (secondary N) is 1. The van der Waals surface area contributed by atoms with Gasteiger partial charge in [0.1, 0.15) is 6.04 Å². The summed E-state index contributed by atoms with van der Waals surface area (Å²) in [4.78, 5) is 24.2. The van der Waals surface area contributed by atoms with Crippen molar-refractivity contribution in [3.63, 3.8) is 0 Å². The number of piperidine rings is 1. The summed E-state index contributed by atoms with van der Waals surface area (Å²) in [7, 11) is -3.66. The first kappa shape index (κ1) is 20.4. The third-order valence-electron chi connectivity index (χ3n) is 4.91. The lowest BCUT2D eigenvalue weighted by Crippen LogP contribution is -2.51. The van der Waals surface area contributed by atoms with Crippen molar-refractivity contribution in [3.8, 4) is 0 Å². The molecule has 7 nitrogen and oxygen atoms in total. The van der Waals surface area contributed by atoms with Gasteiger partial charge >= 0.3 is 5.97 Å². The summed E-state index contributed by atoms with van der Waals surface area (Å²) in [6.07, 6.45) is 1.72. The van der Waals surface area contributed by atoms with E-state index in [1.54, 1.807) is 25.1 Å². The molecule has 1 aromatic rings. The molecular weight excluding hydrogens is 356 g/mol. The van der Waals surface area contributed by atoms with Crippen LogP contribution in [0.15, 0.2) is 35.2 Å². The number of rotatable bonds is 7. The van der Waals surface area contributed by atoms with Crippen molar-refractivity contribution in [2.45, 2.75) is 44.0 Å². The molecule has 144 valence electrons. The fraction of sp³-hybridized carbons (Fsp3) is 0.556. The van der Waals surface area contributed by atoms with Crippen molar-refractivity contribution in [2.24, 2.45) is 11.8 Å². The fourth-order valence-electron chi connectivity index (χ4n) is 3.07. The van der Waals surface area contributed by atoms with E-state index in [2.05, 4.69) is 5.32 Å². The SMILES string of the molecule is CC[C@H](C)[C@H](NC(=O)[C@@H]1CCCN(S(=O)(=O)c2ccccc2)C1)C(=O)O. The first-order chi connectivity index (χ1) is 12.3. The highest BCUT2D eigenvalue weighted by atomic mass is 32.2. The van der Waals surface area contributed by atoms with Crippen LogP contribution in [0.4, 0.5) is 0 Å². The van der Waals surface area contributed by atoms with E-state index in [0.717, 1.165) is 0 Å². The zero-order valence-electron chi connectivity index (χ0n) is 15.1. The molecule has 1 aliphatic rings. The van der Waals surface area contributed by atoms with E-state index in [1.807, 2.05) is 6.92 Å². The van der Waals surface area contributed by atoms with Crippen LogP contribution in [0.25, 0.3) is 0 Å². The maximum Gasteiger partial charge on any atom is 0.326 e. The highest BCUT2D eigenvalue weighted by molar-refractivity contribution is 7.89. The Bertz CT molecular complexity index is 735. The minimum absolute atomic E-state index is 0.0654. The standard InChI is InChI=1S/C18H26N2O5S/c1-3-13(2)16(18(22)23)19-17(21)14-8-7-11-20(12-14)26(24,25)15-9-5-4-6-10-15/h4-6,9-10,13-14,16H,3,7-8,11-12H2,1-2H3,(H,19,21)(H,22,23)/t13-,14+,16-/m0/s1. The molecule has 1 amide bonds. The second kappa shape index (κ2) is 8.64. The quantitative estimate of drug-likeness (QED) is 0.747. The molecule has 1 saturated heterocycles. The van der Waals surface area contributed by atoms with Gasteiger partial charge < -0.3 is 10.4 Å². The molecular formula is C18H26N2O5S. The first-order valence-electron chi connectivity index (χ1n) is 8.85. The molecule has 1 aliphatic heterocycles. The third-order valence-corrected chi connectivity index (χ3v) is 6.79. The summed E-state index contributed by atoms with van der Waals surface area (Å²) in [6.45, 7) is 4.05. The lowest BCUT2D eigenvalue weighted by Gasteiger charge is -2.32. The smallest absolute Gasteiger partial charge is 0.326 e. The van der Waals surface area contributed by atoms with Crippen molar-refractivity contribution in [2.75, 3.05) is 13.1 Å². The van der Waals surface area contributed by atoms with Gasteiger partial charge in [-0.05, 0) is 30.9 Å². The Morgan fingerprint density at radius 1 is 1.31 bits per heavy atom. The highest BCUT2D eigenvalue weighted by Crippen LogP contribution is 2.24. The number of carbonyl (C=O) groups is 2. The van der Waals surface area contributed by atoms with Crippen LogP contribution in [0.5, 0.6) is 0 Å². The van der Waals surface area contributed by atoms with Gasteiger partial charge in [0.25, 0.3) is 0 Å². The summed E-state index contributed by atoms with van der Waals surface area (Å²) in [5.41, 5.74) is 0. The van der Waals surface area contributed by atoms with Gasteiger partial charge in [-0.3, -0.25) is 4.79 Å². The lowest BCUT2D eigenvalue weighted by atomic mass is 9.95. The van der Waals surface area contributed by atoms with E-state index < -0.39 is 33.9 Å². The third kappa shape index (κ3) is 4.62. The molecule has 2 N–H and O–H groups in total. The Morgan fingerprint density at radius 2 is 1.96 bits per heavy atom. The summed E-state index contributed by atoms with van der Waals surface area (Å²) in [5.74, 6) is -2.22. The number of sulfonamides is 1. The molecule has 0 saturated carbocycles. The molecule has 8 heteroatoms. The maximum absolute atomic E-state index is 12.7. The van der Waals surface area contributed by atoms with Gasteiger partial charge in [0, 0.05) is 13.1 Å². The van der Waals surface area contributed by atoms with Gasteiger partial charge in [0.15, 0.2) is 0 Å². The second-order valence-corrected chi connectivity index (χ2v) is 8.66. The van der Waals surface area contributed by atoms with Crippen molar-refractivity contribution < 1.29 is 23.1 Å². The Kier molecular flexibility index (Phi) is 6.77. The van der Waals surface area contributed by atoms with Crippen LogP contribution in [-0.2, 0) is 19.6 Å². The number of aliphatic carboxylic acids is 1. The van der Waals surface area contributed by atoms with E-state index in [1.165, 1.54) is 16.4 Å². The second-order valence-electron chi connectivity index (χ2n) is 6.73. The van der Waals surface area contributed by atoms with Gasteiger partial charge in [0.2, 0.25) is 15.9 Å². The lowest BCUT2D eigenvalue weighted by molar-refractivity contribution is -0.144. The molecule has 26 heavy (non-hydrogen) atoms. The summed E-state index contributed by atoms with van der Waals surface area (Å²) >= 11 is 0. The average Bonchev–Trinajstić information content (AvgIpc) is 2.65. The Balaban J connectivity index is 2.10. The number of nitrogens with zero attached hydrogens (tertiary/aromatic N) is 1. The molecule has 3 atom stereocenters. The first-order valence-corrected chi connectivity index (χ1v) is 10.3. The van der Waals surface area contributed by atoms with Crippen LogP contribution < -0.4 is 5.32 Å². The maximum atomic E-state index is 12.7. The van der Waals surface area contributed by atoms with Crippen LogP contribution in [0.3, 0.4) is 0 Å². The van der Waals surface area contributed by atoms with Gasteiger partial charge in [-0.15, -0.1) is 0 Å². The molecule has 0 spiro atoms. The Labute approximate surface area is 154 Å². The number of carbonyl (C=O) groups excluding carboxylic acids is 1. The van der Waals surface area contributed by atoms with Crippen molar-refractivity contribution in [3.05, 3.63) is 30.3 Å². The van der Waals surface area contributed by atoms with Crippen LogP contribution in [0, 0.1) is 11.8 Å². The molecule has 0 unspecified atom stereocenters. The van der Waals surface area contributed by atoms with Gasteiger partial charge in [-0.1, -0.05) is 38.5 Å². The Morgan fingerprint density at radius 3 is 2.54 bits per heavy atom. The normalized spacial score (nSPS) is 20.9. The average molecular weight is 382 g/mol.